The molecular formula is C14H18N2S. The van der Waals surface area contributed by atoms with Crippen molar-refractivity contribution >= 4 is 17.0 Å². The van der Waals surface area contributed by atoms with Gasteiger partial charge in [-0.3, -0.25) is 4.90 Å². The Morgan fingerprint density at radius 1 is 1.18 bits per heavy atom. The van der Waals surface area contributed by atoms with Crippen molar-refractivity contribution in [1.82, 2.24) is 4.90 Å². The van der Waals surface area contributed by atoms with Crippen LogP contribution in [0.2, 0.25) is 0 Å². The average Bonchev–Trinajstić information content (AvgIpc) is 2.77. The smallest absolute Gasteiger partial charge is 0.0346 e. The molecule has 0 aliphatic rings. The number of rotatable bonds is 4. The van der Waals surface area contributed by atoms with Gasteiger partial charge in [0, 0.05) is 23.7 Å². The van der Waals surface area contributed by atoms with E-state index >= 15 is 0 Å². The Kier molecular flexibility index (Phi) is 3.82. The summed E-state index contributed by atoms with van der Waals surface area (Å²) in [6, 6.07) is 10.4. The van der Waals surface area contributed by atoms with Crippen molar-refractivity contribution in [2.24, 2.45) is 0 Å². The second kappa shape index (κ2) is 5.34. The second-order valence-electron chi connectivity index (χ2n) is 4.38. The van der Waals surface area contributed by atoms with E-state index in [0.717, 1.165) is 18.8 Å². The molecule has 2 N–H and O–H groups in total. The number of benzene rings is 1. The van der Waals surface area contributed by atoms with E-state index in [-0.39, 0.29) is 0 Å². The van der Waals surface area contributed by atoms with E-state index in [4.69, 9.17) is 5.73 Å². The largest absolute Gasteiger partial charge is 0.399 e. The van der Waals surface area contributed by atoms with Gasteiger partial charge in [0.05, 0.1) is 0 Å². The van der Waals surface area contributed by atoms with Gasteiger partial charge in [0.25, 0.3) is 0 Å². The fourth-order valence-electron chi connectivity index (χ4n) is 1.89. The van der Waals surface area contributed by atoms with E-state index in [9.17, 15) is 0 Å². The summed E-state index contributed by atoms with van der Waals surface area (Å²) in [5.74, 6) is 0. The molecule has 3 heteroatoms. The summed E-state index contributed by atoms with van der Waals surface area (Å²) < 4.78 is 0. The molecule has 2 nitrogen and oxygen atoms in total. The molecule has 0 aliphatic carbocycles. The fraction of sp³-hybridized carbons (Fsp3) is 0.286. The van der Waals surface area contributed by atoms with E-state index in [1.54, 1.807) is 11.3 Å². The minimum Gasteiger partial charge on any atom is -0.399 e. The molecule has 1 aromatic heterocycles. The molecule has 0 bridgehead atoms. The van der Waals surface area contributed by atoms with Gasteiger partial charge in [-0.05, 0) is 42.6 Å². The van der Waals surface area contributed by atoms with Gasteiger partial charge < -0.3 is 5.73 Å². The molecular weight excluding hydrogens is 228 g/mol. The molecule has 0 amide bonds. The van der Waals surface area contributed by atoms with Crippen molar-refractivity contribution in [1.29, 1.82) is 0 Å². The molecule has 0 saturated heterocycles. The van der Waals surface area contributed by atoms with Crippen LogP contribution >= 0.6 is 11.3 Å². The van der Waals surface area contributed by atoms with E-state index in [0.29, 0.717) is 0 Å². The standard InChI is InChI=1S/C14H18N2S/c1-11-12(5-3-7-14(11)15)9-16(2)10-13-6-4-8-17-13/h3-8H,9-10,15H2,1-2H3. The molecule has 0 aliphatic heterocycles. The van der Waals surface area contributed by atoms with Crippen LogP contribution in [0.4, 0.5) is 5.69 Å². The summed E-state index contributed by atoms with van der Waals surface area (Å²) in [5, 5.41) is 2.12. The summed E-state index contributed by atoms with van der Waals surface area (Å²) in [6.45, 7) is 4.02. The Hall–Kier alpha value is -1.32. The predicted octanol–water partition coefficient (Wildman–Crippen LogP) is 3.27. The normalized spacial score (nSPS) is 11.0. The topological polar surface area (TPSA) is 29.3 Å². The van der Waals surface area contributed by atoms with Crippen molar-refractivity contribution in [2.45, 2.75) is 20.0 Å². The quantitative estimate of drug-likeness (QED) is 0.839. The molecule has 0 radical (unpaired) electrons. The first-order valence-corrected chi connectivity index (χ1v) is 6.59. The highest BCUT2D eigenvalue weighted by Gasteiger charge is 2.06. The van der Waals surface area contributed by atoms with Gasteiger partial charge in [0.2, 0.25) is 0 Å². The fourth-order valence-corrected chi connectivity index (χ4v) is 2.67. The highest BCUT2D eigenvalue weighted by molar-refractivity contribution is 7.09. The lowest BCUT2D eigenvalue weighted by Gasteiger charge is -2.17. The van der Waals surface area contributed by atoms with Crippen LogP contribution < -0.4 is 5.73 Å². The van der Waals surface area contributed by atoms with Crippen LogP contribution in [0.1, 0.15) is 16.0 Å². The highest BCUT2D eigenvalue weighted by atomic mass is 32.1. The van der Waals surface area contributed by atoms with E-state index in [1.165, 1.54) is 16.0 Å². The summed E-state index contributed by atoms with van der Waals surface area (Å²) in [6.07, 6.45) is 0. The van der Waals surface area contributed by atoms with Gasteiger partial charge in [-0.25, -0.2) is 0 Å². The van der Waals surface area contributed by atoms with Crippen LogP contribution in [0.25, 0.3) is 0 Å². The van der Waals surface area contributed by atoms with Gasteiger partial charge in [0.1, 0.15) is 0 Å². The van der Waals surface area contributed by atoms with Crippen molar-refractivity contribution < 1.29 is 0 Å². The molecule has 17 heavy (non-hydrogen) atoms. The molecule has 0 saturated carbocycles. The van der Waals surface area contributed by atoms with Crippen molar-refractivity contribution in [3.05, 3.63) is 51.7 Å². The zero-order valence-corrected chi connectivity index (χ0v) is 11.1. The third kappa shape index (κ3) is 3.08. The average molecular weight is 246 g/mol. The highest BCUT2D eigenvalue weighted by Crippen LogP contribution is 2.18. The van der Waals surface area contributed by atoms with E-state index < -0.39 is 0 Å². The maximum atomic E-state index is 5.92. The molecule has 1 aromatic carbocycles. The van der Waals surface area contributed by atoms with Gasteiger partial charge >= 0.3 is 0 Å². The molecule has 2 aromatic rings. The lowest BCUT2D eigenvalue weighted by atomic mass is 10.1. The lowest BCUT2D eigenvalue weighted by molar-refractivity contribution is 0.321. The minimum absolute atomic E-state index is 0.882. The Morgan fingerprint density at radius 3 is 2.71 bits per heavy atom. The van der Waals surface area contributed by atoms with Crippen LogP contribution in [0.3, 0.4) is 0 Å². The van der Waals surface area contributed by atoms with Crippen LogP contribution in [-0.2, 0) is 13.1 Å². The third-order valence-corrected chi connectivity index (χ3v) is 3.80. The van der Waals surface area contributed by atoms with E-state index in [2.05, 4.69) is 42.5 Å². The van der Waals surface area contributed by atoms with Gasteiger partial charge in [-0.1, -0.05) is 18.2 Å². The van der Waals surface area contributed by atoms with E-state index in [1.807, 2.05) is 12.1 Å². The van der Waals surface area contributed by atoms with Crippen molar-refractivity contribution in [3.8, 4) is 0 Å². The third-order valence-electron chi connectivity index (χ3n) is 2.93. The van der Waals surface area contributed by atoms with Gasteiger partial charge in [-0.2, -0.15) is 0 Å². The van der Waals surface area contributed by atoms with Crippen LogP contribution in [-0.4, -0.2) is 11.9 Å². The first kappa shape index (κ1) is 12.1. The summed E-state index contributed by atoms with van der Waals surface area (Å²) >= 11 is 1.80. The minimum atomic E-state index is 0.882. The summed E-state index contributed by atoms with van der Waals surface area (Å²) in [7, 11) is 2.14. The molecule has 1 heterocycles. The maximum absolute atomic E-state index is 5.92. The zero-order valence-electron chi connectivity index (χ0n) is 10.3. The Labute approximate surface area is 107 Å². The SMILES string of the molecule is Cc1c(N)cccc1CN(C)Cc1cccs1. The number of nitrogens with zero attached hydrogens (tertiary/aromatic N) is 1. The molecule has 0 atom stereocenters. The molecule has 2 rings (SSSR count). The number of anilines is 1. The lowest BCUT2D eigenvalue weighted by Crippen LogP contribution is -2.17. The van der Waals surface area contributed by atoms with Crippen LogP contribution in [0, 0.1) is 6.92 Å². The van der Waals surface area contributed by atoms with Crippen LogP contribution in [0.15, 0.2) is 35.7 Å². The first-order valence-electron chi connectivity index (χ1n) is 5.71. The van der Waals surface area contributed by atoms with Gasteiger partial charge in [-0.15, -0.1) is 11.3 Å². The van der Waals surface area contributed by atoms with Crippen molar-refractivity contribution in [2.75, 3.05) is 12.8 Å². The number of nitrogens with two attached hydrogens (primary N) is 1. The van der Waals surface area contributed by atoms with Gasteiger partial charge in [0.15, 0.2) is 0 Å². The number of thiophene rings is 1. The van der Waals surface area contributed by atoms with Crippen molar-refractivity contribution in [3.63, 3.8) is 0 Å². The molecule has 90 valence electrons. The molecule has 0 unspecified atom stereocenters. The molecule has 0 spiro atoms. The van der Waals surface area contributed by atoms with Crippen LogP contribution in [0.5, 0.6) is 0 Å². The Morgan fingerprint density at radius 2 is 2.00 bits per heavy atom. The number of hydrogen-bond donors (Lipinski definition) is 1. The first-order chi connectivity index (χ1) is 8.16. The maximum Gasteiger partial charge on any atom is 0.0346 e. The number of nitrogen functional groups attached to an aromatic ring is 1. The summed E-state index contributed by atoms with van der Waals surface area (Å²) in [4.78, 5) is 3.71. The zero-order chi connectivity index (χ0) is 12.3. The number of hydrogen-bond acceptors (Lipinski definition) is 3. The second-order valence-corrected chi connectivity index (χ2v) is 5.42. The Balaban J connectivity index is 2.03. The monoisotopic (exact) mass is 246 g/mol. The predicted molar refractivity (Wildman–Crippen MR) is 75.1 cm³/mol. The summed E-state index contributed by atoms with van der Waals surface area (Å²) in [5.41, 5.74) is 9.31. The molecule has 0 fully saturated rings. The Bertz CT molecular complexity index is 477.